The maximum absolute atomic E-state index is 11.9. The number of ether oxygens (including phenoxy) is 2. The van der Waals surface area contributed by atoms with Crippen LogP contribution in [0.25, 0.3) is 0 Å². The highest BCUT2D eigenvalue weighted by Crippen LogP contribution is 2.24. The first-order chi connectivity index (χ1) is 8.29. The molecular formula is C13H18O3S. The Balaban J connectivity index is 1.72. The molecular weight excluding hydrogens is 236 g/mol. The molecule has 1 unspecified atom stereocenters. The molecule has 17 heavy (non-hydrogen) atoms. The molecule has 0 spiro atoms. The van der Waals surface area contributed by atoms with E-state index < -0.39 is 0 Å². The van der Waals surface area contributed by atoms with E-state index in [0.717, 1.165) is 36.5 Å². The van der Waals surface area contributed by atoms with Crippen molar-refractivity contribution < 1.29 is 14.3 Å². The predicted octanol–water partition coefficient (Wildman–Crippen LogP) is 3.29. The van der Waals surface area contributed by atoms with Gasteiger partial charge in [-0.05, 0) is 25.7 Å². The van der Waals surface area contributed by atoms with Gasteiger partial charge in [0.2, 0.25) is 0 Å². The van der Waals surface area contributed by atoms with Gasteiger partial charge in [0.25, 0.3) is 0 Å². The molecule has 1 aliphatic rings. The van der Waals surface area contributed by atoms with Gasteiger partial charge in [-0.3, -0.25) is 4.79 Å². The quantitative estimate of drug-likeness (QED) is 0.731. The summed E-state index contributed by atoms with van der Waals surface area (Å²) in [5.74, 6) is 0.994. The standard InChI is InChI=1S/C13H18O3S/c1-15-11-8-13(17-9-11)12(14)6-2-4-10-5-3-7-16-10/h8-10H,2-7H2,1H3. The van der Waals surface area contributed by atoms with E-state index in [2.05, 4.69) is 0 Å². The van der Waals surface area contributed by atoms with Gasteiger partial charge < -0.3 is 9.47 Å². The second-order valence-corrected chi connectivity index (χ2v) is 5.21. The van der Waals surface area contributed by atoms with E-state index in [0.29, 0.717) is 12.5 Å². The molecule has 1 fully saturated rings. The third-order valence-electron chi connectivity index (χ3n) is 3.04. The average molecular weight is 254 g/mol. The van der Waals surface area contributed by atoms with Crippen molar-refractivity contribution in [2.45, 2.75) is 38.2 Å². The van der Waals surface area contributed by atoms with Crippen molar-refractivity contribution in [1.29, 1.82) is 0 Å². The van der Waals surface area contributed by atoms with Crippen molar-refractivity contribution in [1.82, 2.24) is 0 Å². The Labute approximate surface area is 106 Å². The van der Waals surface area contributed by atoms with Gasteiger partial charge in [0, 0.05) is 24.5 Å². The van der Waals surface area contributed by atoms with Crippen LogP contribution in [0.4, 0.5) is 0 Å². The summed E-state index contributed by atoms with van der Waals surface area (Å²) in [6.07, 6.45) is 5.25. The summed E-state index contributed by atoms with van der Waals surface area (Å²) in [6, 6.07) is 1.82. The van der Waals surface area contributed by atoms with Crippen molar-refractivity contribution in [3.05, 3.63) is 16.3 Å². The smallest absolute Gasteiger partial charge is 0.172 e. The number of carbonyl (C=O) groups is 1. The number of ketones is 1. The summed E-state index contributed by atoms with van der Waals surface area (Å²) in [5, 5.41) is 1.87. The fraction of sp³-hybridized carbons (Fsp3) is 0.615. The fourth-order valence-corrected chi connectivity index (χ4v) is 2.88. The lowest BCUT2D eigenvalue weighted by atomic mass is 10.1. The monoisotopic (exact) mass is 254 g/mol. The largest absolute Gasteiger partial charge is 0.496 e. The van der Waals surface area contributed by atoms with E-state index >= 15 is 0 Å². The summed E-state index contributed by atoms with van der Waals surface area (Å²) in [4.78, 5) is 12.7. The fourth-order valence-electron chi connectivity index (χ4n) is 2.06. The summed E-state index contributed by atoms with van der Waals surface area (Å²) in [7, 11) is 1.62. The SMILES string of the molecule is COc1csc(C(=O)CCCC2CCCO2)c1. The van der Waals surface area contributed by atoms with E-state index in [-0.39, 0.29) is 5.78 Å². The van der Waals surface area contributed by atoms with Gasteiger partial charge >= 0.3 is 0 Å². The Bertz CT molecular complexity index is 366. The number of hydrogen-bond acceptors (Lipinski definition) is 4. The first-order valence-corrected chi connectivity index (χ1v) is 6.95. The molecule has 2 rings (SSSR count). The van der Waals surface area contributed by atoms with Crippen molar-refractivity contribution in [2.24, 2.45) is 0 Å². The van der Waals surface area contributed by atoms with Crippen LogP contribution in [0.3, 0.4) is 0 Å². The number of thiophene rings is 1. The Morgan fingerprint density at radius 2 is 2.53 bits per heavy atom. The minimum atomic E-state index is 0.219. The summed E-state index contributed by atoms with van der Waals surface area (Å²) in [5.41, 5.74) is 0. The molecule has 0 aliphatic carbocycles. The first kappa shape index (κ1) is 12.6. The van der Waals surface area contributed by atoms with E-state index in [9.17, 15) is 4.79 Å². The first-order valence-electron chi connectivity index (χ1n) is 6.07. The van der Waals surface area contributed by atoms with Crippen LogP contribution in [-0.2, 0) is 4.74 Å². The molecule has 1 atom stereocenters. The van der Waals surface area contributed by atoms with Crippen LogP contribution in [0.1, 0.15) is 41.8 Å². The maximum Gasteiger partial charge on any atom is 0.172 e. The van der Waals surface area contributed by atoms with Gasteiger partial charge in [0.05, 0.1) is 18.1 Å². The van der Waals surface area contributed by atoms with Crippen LogP contribution >= 0.6 is 11.3 Å². The lowest BCUT2D eigenvalue weighted by molar-refractivity contribution is 0.0925. The predicted molar refractivity (Wildman–Crippen MR) is 68.0 cm³/mol. The Hall–Kier alpha value is -0.870. The molecule has 0 N–H and O–H groups in total. The minimum Gasteiger partial charge on any atom is -0.496 e. The maximum atomic E-state index is 11.9. The molecule has 0 bridgehead atoms. The molecule has 1 aromatic heterocycles. The Morgan fingerprint density at radius 3 is 3.18 bits per heavy atom. The molecule has 3 nitrogen and oxygen atoms in total. The number of carbonyl (C=O) groups excluding carboxylic acids is 1. The van der Waals surface area contributed by atoms with Crippen LogP contribution in [0.5, 0.6) is 5.75 Å². The number of hydrogen-bond donors (Lipinski definition) is 0. The normalized spacial score (nSPS) is 19.5. The summed E-state index contributed by atoms with van der Waals surface area (Å²) >= 11 is 1.46. The average Bonchev–Trinajstić information content (AvgIpc) is 2.99. The molecule has 0 amide bonds. The Morgan fingerprint density at radius 1 is 1.65 bits per heavy atom. The zero-order chi connectivity index (χ0) is 12.1. The zero-order valence-electron chi connectivity index (χ0n) is 10.1. The highest BCUT2D eigenvalue weighted by atomic mass is 32.1. The molecule has 2 heterocycles. The molecule has 0 radical (unpaired) electrons. The van der Waals surface area contributed by atoms with Crippen LogP contribution in [-0.4, -0.2) is 25.6 Å². The van der Waals surface area contributed by atoms with Crippen LogP contribution in [0.15, 0.2) is 11.4 Å². The summed E-state index contributed by atoms with van der Waals surface area (Å²) in [6.45, 7) is 0.890. The summed E-state index contributed by atoms with van der Waals surface area (Å²) < 4.78 is 10.6. The van der Waals surface area contributed by atoms with Gasteiger partial charge in [-0.2, -0.15) is 0 Å². The van der Waals surface area contributed by atoms with Gasteiger partial charge in [-0.25, -0.2) is 0 Å². The minimum absolute atomic E-state index is 0.219. The van der Waals surface area contributed by atoms with Crippen molar-refractivity contribution in [3.63, 3.8) is 0 Å². The molecule has 0 aromatic carbocycles. The molecule has 0 saturated carbocycles. The Kier molecular flexibility index (Phi) is 4.57. The highest BCUT2D eigenvalue weighted by molar-refractivity contribution is 7.12. The van der Waals surface area contributed by atoms with Gasteiger partial charge in [0.15, 0.2) is 5.78 Å². The van der Waals surface area contributed by atoms with Crippen LogP contribution in [0.2, 0.25) is 0 Å². The van der Waals surface area contributed by atoms with E-state index in [1.54, 1.807) is 7.11 Å². The lowest BCUT2D eigenvalue weighted by Crippen LogP contribution is -2.06. The molecule has 94 valence electrons. The number of Topliss-reactive ketones (excluding diaryl/α,β-unsaturated/α-hetero) is 1. The van der Waals surface area contributed by atoms with Gasteiger partial charge in [-0.15, -0.1) is 11.3 Å². The molecule has 1 aliphatic heterocycles. The topological polar surface area (TPSA) is 35.5 Å². The van der Waals surface area contributed by atoms with Crippen molar-refractivity contribution in [3.8, 4) is 5.75 Å². The second-order valence-electron chi connectivity index (χ2n) is 4.30. The zero-order valence-corrected chi connectivity index (χ0v) is 10.9. The van der Waals surface area contributed by atoms with Crippen molar-refractivity contribution in [2.75, 3.05) is 13.7 Å². The molecule has 1 aromatic rings. The number of methoxy groups -OCH3 is 1. The van der Waals surface area contributed by atoms with E-state index in [4.69, 9.17) is 9.47 Å². The van der Waals surface area contributed by atoms with E-state index in [1.807, 2.05) is 11.4 Å². The highest BCUT2D eigenvalue weighted by Gasteiger charge is 2.16. The molecule has 4 heteroatoms. The second kappa shape index (κ2) is 6.17. The van der Waals surface area contributed by atoms with Gasteiger partial charge in [-0.1, -0.05) is 0 Å². The lowest BCUT2D eigenvalue weighted by Gasteiger charge is -2.07. The molecule has 1 saturated heterocycles. The van der Waals surface area contributed by atoms with Crippen LogP contribution in [0, 0.1) is 0 Å². The van der Waals surface area contributed by atoms with E-state index in [1.165, 1.54) is 17.8 Å². The van der Waals surface area contributed by atoms with Crippen molar-refractivity contribution >= 4 is 17.1 Å². The van der Waals surface area contributed by atoms with Crippen LogP contribution < -0.4 is 4.74 Å². The third-order valence-corrected chi connectivity index (χ3v) is 3.99. The van der Waals surface area contributed by atoms with Gasteiger partial charge in [0.1, 0.15) is 5.75 Å². The number of rotatable bonds is 6. The third kappa shape index (κ3) is 3.54.